The van der Waals surface area contributed by atoms with Crippen LogP contribution in [0.3, 0.4) is 0 Å². The topological polar surface area (TPSA) is 84.1 Å². The molecule has 1 atom stereocenters. The lowest BCUT2D eigenvalue weighted by Crippen LogP contribution is -2.37. The maximum Gasteiger partial charge on any atom is 0.263 e. The number of carbonyl (C=O) groups is 1. The number of thiophene rings is 1. The van der Waals surface area contributed by atoms with E-state index in [0.717, 1.165) is 13.0 Å². The van der Waals surface area contributed by atoms with E-state index in [4.69, 9.17) is 5.73 Å². The van der Waals surface area contributed by atoms with Gasteiger partial charge in [-0.05, 0) is 20.4 Å². The van der Waals surface area contributed by atoms with E-state index in [-0.39, 0.29) is 5.91 Å². The molecule has 2 aromatic heterocycles. The summed E-state index contributed by atoms with van der Waals surface area (Å²) >= 11 is 1.28. The van der Waals surface area contributed by atoms with Crippen LogP contribution in [0.25, 0.3) is 10.3 Å². The van der Waals surface area contributed by atoms with Gasteiger partial charge in [-0.1, -0.05) is 6.92 Å². The fourth-order valence-electron chi connectivity index (χ4n) is 1.97. The molecule has 2 heterocycles. The van der Waals surface area contributed by atoms with Crippen LogP contribution in [0.4, 0.5) is 5.69 Å². The number of nitrogens with one attached hydrogen (secondary N) is 1. The van der Waals surface area contributed by atoms with Crippen LogP contribution in [0.2, 0.25) is 0 Å². The van der Waals surface area contributed by atoms with Crippen LogP contribution < -0.4 is 11.1 Å². The minimum atomic E-state index is -0.158. The van der Waals surface area contributed by atoms with Gasteiger partial charge in [0.1, 0.15) is 15.2 Å². The number of fused-ring (bicyclic) bond motifs is 1. The van der Waals surface area contributed by atoms with Gasteiger partial charge < -0.3 is 16.0 Å². The van der Waals surface area contributed by atoms with Crippen LogP contribution in [0, 0.1) is 0 Å². The molecular formula is C14H21N5OS. The summed E-state index contributed by atoms with van der Waals surface area (Å²) in [7, 11) is 2.06. The highest BCUT2D eigenvalue weighted by atomic mass is 32.1. The molecule has 0 radical (unpaired) electrons. The van der Waals surface area contributed by atoms with Gasteiger partial charge in [0.2, 0.25) is 0 Å². The summed E-state index contributed by atoms with van der Waals surface area (Å²) < 4.78 is 0. The number of nitrogen functional groups attached to an aromatic ring is 1. The molecule has 1 unspecified atom stereocenters. The van der Waals surface area contributed by atoms with Crippen molar-refractivity contribution >= 4 is 33.3 Å². The molecule has 0 saturated heterocycles. The van der Waals surface area contributed by atoms with Crippen molar-refractivity contribution < 1.29 is 4.79 Å². The third kappa shape index (κ3) is 3.48. The number of likely N-dealkylation sites (N-methyl/N-ethyl adjacent to an activating group) is 1. The Balaban J connectivity index is 1.98. The average molecular weight is 307 g/mol. The van der Waals surface area contributed by atoms with Crippen LogP contribution in [0.5, 0.6) is 0 Å². The van der Waals surface area contributed by atoms with Crippen LogP contribution in [-0.4, -0.2) is 47.0 Å². The summed E-state index contributed by atoms with van der Waals surface area (Å²) in [5.74, 6) is -0.158. The van der Waals surface area contributed by atoms with Crippen LogP contribution >= 0.6 is 11.3 Å². The molecule has 0 aromatic carbocycles. The van der Waals surface area contributed by atoms with Gasteiger partial charge in [0.15, 0.2) is 0 Å². The second-order valence-electron chi connectivity index (χ2n) is 5.05. The van der Waals surface area contributed by atoms with Gasteiger partial charge in [0.05, 0.1) is 5.69 Å². The SMILES string of the molecule is CCC(C)N(C)CCNC(=O)c1sc2nccnc2c1N. The fraction of sp³-hybridized carbons (Fsp3) is 0.500. The van der Waals surface area contributed by atoms with Gasteiger partial charge in [-0.3, -0.25) is 4.79 Å². The van der Waals surface area contributed by atoms with Crippen molar-refractivity contribution in [3.05, 3.63) is 17.3 Å². The van der Waals surface area contributed by atoms with E-state index < -0.39 is 0 Å². The Bertz CT molecular complexity index is 627. The van der Waals surface area contributed by atoms with Crippen LogP contribution in [-0.2, 0) is 0 Å². The Morgan fingerprint density at radius 3 is 2.86 bits per heavy atom. The van der Waals surface area contributed by atoms with Crippen molar-refractivity contribution in [1.82, 2.24) is 20.2 Å². The van der Waals surface area contributed by atoms with Crippen LogP contribution in [0.15, 0.2) is 12.4 Å². The van der Waals surface area contributed by atoms with E-state index in [1.807, 2.05) is 0 Å². The first kappa shape index (κ1) is 15.7. The molecule has 0 fully saturated rings. The molecule has 0 spiro atoms. The summed E-state index contributed by atoms with van der Waals surface area (Å²) in [4.78, 5) is 23.9. The number of hydrogen-bond donors (Lipinski definition) is 2. The number of rotatable bonds is 6. The highest BCUT2D eigenvalue weighted by molar-refractivity contribution is 7.21. The van der Waals surface area contributed by atoms with E-state index in [9.17, 15) is 4.79 Å². The molecule has 0 saturated carbocycles. The fourth-order valence-corrected chi connectivity index (χ4v) is 2.91. The quantitative estimate of drug-likeness (QED) is 0.849. The Morgan fingerprint density at radius 2 is 2.19 bits per heavy atom. The van der Waals surface area contributed by atoms with Crippen molar-refractivity contribution in [2.45, 2.75) is 26.3 Å². The highest BCUT2D eigenvalue weighted by Crippen LogP contribution is 2.30. The lowest BCUT2D eigenvalue weighted by molar-refractivity contribution is 0.0952. The van der Waals surface area contributed by atoms with Crippen molar-refractivity contribution in [1.29, 1.82) is 0 Å². The zero-order chi connectivity index (χ0) is 15.4. The average Bonchev–Trinajstić information content (AvgIpc) is 2.84. The summed E-state index contributed by atoms with van der Waals surface area (Å²) in [5, 5.41) is 2.90. The lowest BCUT2D eigenvalue weighted by atomic mass is 10.2. The Hall–Kier alpha value is -1.73. The summed E-state index contributed by atoms with van der Waals surface area (Å²) in [6.45, 7) is 5.72. The van der Waals surface area contributed by atoms with E-state index in [0.29, 0.717) is 33.5 Å². The van der Waals surface area contributed by atoms with Crippen molar-refractivity contribution in [2.24, 2.45) is 0 Å². The number of nitrogens with two attached hydrogens (primary N) is 1. The van der Waals surface area contributed by atoms with E-state index in [2.05, 4.69) is 41.1 Å². The highest BCUT2D eigenvalue weighted by Gasteiger charge is 2.17. The van der Waals surface area contributed by atoms with Crippen molar-refractivity contribution in [2.75, 3.05) is 25.9 Å². The minimum Gasteiger partial charge on any atom is -0.396 e. The first-order chi connectivity index (χ1) is 10.0. The monoisotopic (exact) mass is 307 g/mol. The molecule has 0 aliphatic carbocycles. The largest absolute Gasteiger partial charge is 0.396 e. The van der Waals surface area contributed by atoms with E-state index in [1.54, 1.807) is 12.4 Å². The Kier molecular flexibility index (Phi) is 5.08. The van der Waals surface area contributed by atoms with Gasteiger partial charge in [0.25, 0.3) is 5.91 Å². The number of carbonyl (C=O) groups excluding carboxylic acids is 1. The molecule has 2 rings (SSSR count). The van der Waals surface area contributed by atoms with Gasteiger partial charge in [0, 0.05) is 31.5 Å². The van der Waals surface area contributed by atoms with E-state index in [1.165, 1.54) is 11.3 Å². The molecule has 3 N–H and O–H groups in total. The predicted molar refractivity (Wildman–Crippen MR) is 86.5 cm³/mol. The third-order valence-electron chi connectivity index (χ3n) is 3.66. The van der Waals surface area contributed by atoms with Gasteiger partial charge in [-0.25, -0.2) is 9.97 Å². The van der Waals surface area contributed by atoms with Gasteiger partial charge in [-0.15, -0.1) is 11.3 Å². The predicted octanol–water partition coefficient (Wildman–Crippen LogP) is 1.73. The molecule has 0 aliphatic heterocycles. The number of anilines is 1. The number of nitrogens with zero attached hydrogens (tertiary/aromatic N) is 3. The van der Waals surface area contributed by atoms with Crippen molar-refractivity contribution in [3.63, 3.8) is 0 Å². The molecule has 0 bridgehead atoms. The number of hydrogen-bond acceptors (Lipinski definition) is 6. The molecule has 7 heteroatoms. The lowest BCUT2D eigenvalue weighted by Gasteiger charge is -2.23. The van der Waals surface area contributed by atoms with Crippen molar-refractivity contribution in [3.8, 4) is 0 Å². The molecule has 2 aromatic rings. The zero-order valence-corrected chi connectivity index (χ0v) is 13.4. The summed E-state index contributed by atoms with van der Waals surface area (Å²) in [5.41, 5.74) is 6.99. The zero-order valence-electron chi connectivity index (χ0n) is 12.6. The normalized spacial score (nSPS) is 12.8. The molecule has 114 valence electrons. The maximum absolute atomic E-state index is 12.2. The Morgan fingerprint density at radius 1 is 1.48 bits per heavy atom. The maximum atomic E-state index is 12.2. The number of aromatic nitrogens is 2. The second kappa shape index (κ2) is 6.82. The minimum absolute atomic E-state index is 0.158. The summed E-state index contributed by atoms with van der Waals surface area (Å²) in [6.07, 6.45) is 4.26. The first-order valence-corrected chi connectivity index (χ1v) is 7.83. The molecular weight excluding hydrogens is 286 g/mol. The van der Waals surface area contributed by atoms with Gasteiger partial charge in [-0.2, -0.15) is 0 Å². The second-order valence-corrected chi connectivity index (χ2v) is 6.05. The molecule has 1 amide bonds. The third-order valence-corrected chi connectivity index (χ3v) is 4.76. The smallest absolute Gasteiger partial charge is 0.263 e. The Labute approximate surface area is 128 Å². The molecule has 0 aliphatic rings. The molecule has 21 heavy (non-hydrogen) atoms. The van der Waals surface area contributed by atoms with Crippen LogP contribution in [0.1, 0.15) is 29.9 Å². The molecule has 6 nitrogen and oxygen atoms in total. The van der Waals surface area contributed by atoms with E-state index >= 15 is 0 Å². The first-order valence-electron chi connectivity index (χ1n) is 7.02. The standard InChI is InChI=1S/C14H21N5OS/c1-4-9(2)19(3)8-7-17-13(20)12-10(15)11-14(21-12)18-6-5-16-11/h5-6,9H,4,7-8,15H2,1-3H3,(H,17,20). The van der Waals surface area contributed by atoms with Gasteiger partial charge >= 0.3 is 0 Å². The summed E-state index contributed by atoms with van der Waals surface area (Å²) in [6, 6.07) is 0.504. The number of amides is 1.